The van der Waals surface area contributed by atoms with Crippen molar-refractivity contribution in [2.24, 2.45) is 0 Å². The zero-order valence-electron chi connectivity index (χ0n) is 10.9. The summed E-state index contributed by atoms with van der Waals surface area (Å²) in [7, 11) is 0. The van der Waals surface area contributed by atoms with Crippen LogP contribution in [0.4, 0.5) is 5.82 Å². The molecule has 0 spiro atoms. The van der Waals surface area contributed by atoms with Crippen molar-refractivity contribution in [3.05, 3.63) is 58.6 Å². The van der Waals surface area contributed by atoms with Gasteiger partial charge < -0.3 is 10.3 Å². The molecule has 4 heteroatoms. The van der Waals surface area contributed by atoms with Crippen LogP contribution in [-0.2, 0) is 0 Å². The van der Waals surface area contributed by atoms with Crippen molar-refractivity contribution >= 4 is 21.7 Å². The van der Waals surface area contributed by atoms with Crippen LogP contribution in [0.1, 0.15) is 5.56 Å². The van der Waals surface area contributed by atoms with Crippen molar-refractivity contribution in [3.63, 3.8) is 0 Å². The molecule has 0 fully saturated rings. The van der Waals surface area contributed by atoms with Crippen LogP contribution in [0.25, 0.3) is 22.5 Å². The topological polar surface area (TPSA) is 52.0 Å². The first kappa shape index (κ1) is 12.9. The zero-order chi connectivity index (χ0) is 14.1. The summed E-state index contributed by atoms with van der Waals surface area (Å²) >= 11 is 3.43. The monoisotopic (exact) mass is 328 g/mol. The molecular formula is C16H13BrN2O. The molecule has 20 heavy (non-hydrogen) atoms. The molecule has 0 bridgehead atoms. The maximum atomic E-state index is 5.97. The van der Waals surface area contributed by atoms with E-state index < -0.39 is 0 Å². The van der Waals surface area contributed by atoms with Gasteiger partial charge in [-0.1, -0.05) is 57.0 Å². The number of nitrogens with zero attached hydrogens (tertiary/aromatic N) is 1. The van der Waals surface area contributed by atoms with Gasteiger partial charge >= 0.3 is 0 Å². The summed E-state index contributed by atoms with van der Waals surface area (Å²) in [5.41, 5.74) is 9.94. The number of aromatic nitrogens is 1. The predicted octanol–water partition coefficient (Wildman–Crippen LogP) is 4.66. The van der Waals surface area contributed by atoms with E-state index in [-0.39, 0.29) is 0 Å². The summed E-state index contributed by atoms with van der Waals surface area (Å²) in [5.74, 6) is 1.11. The minimum Gasteiger partial charge on any atom is -0.380 e. The Morgan fingerprint density at radius 2 is 1.80 bits per heavy atom. The lowest BCUT2D eigenvalue weighted by atomic mass is 10.0. The quantitative estimate of drug-likeness (QED) is 0.744. The largest absolute Gasteiger partial charge is 0.380 e. The first-order chi connectivity index (χ1) is 9.65. The van der Waals surface area contributed by atoms with Crippen LogP contribution in [0.3, 0.4) is 0 Å². The molecule has 0 saturated carbocycles. The molecule has 2 N–H and O–H groups in total. The molecule has 1 heterocycles. The first-order valence-electron chi connectivity index (χ1n) is 6.23. The van der Waals surface area contributed by atoms with Crippen molar-refractivity contribution < 1.29 is 4.52 Å². The van der Waals surface area contributed by atoms with Crippen molar-refractivity contribution in [3.8, 4) is 22.5 Å². The number of benzene rings is 2. The van der Waals surface area contributed by atoms with Crippen molar-refractivity contribution in [2.45, 2.75) is 6.92 Å². The normalized spacial score (nSPS) is 10.7. The number of hydrogen-bond donors (Lipinski definition) is 1. The van der Waals surface area contributed by atoms with Gasteiger partial charge in [0.25, 0.3) is 0 Å². The summed E-state index contributed by atoms with van der Waals surface area (Å²) in [6.45, 7) is 2.04. The smallest absolute Gasteiger partial charge is 0.176 e. The molecule has 0 saturated heterocycles. The van der Waals surface area contributed by atoms with Crippen LogP contribution in [0.5, 0.6) is 0 Å². The van der Waals surface area contributed by atoms with Crippen LogP contribution in [0.15, 0.2) is 57.5 Å². The summed E-state index contributed by atoms with van der Waals surface area (Å²) < 4.78 is 6.46. The van der Waals surface area contributed by atoms with E-state index in [0.29, 0.717) is 11.6 Å². The van der Waals surface area contributed by atoms with Gasteiger partial charge in [0.05, 0.1) is 5.56 Å². The Balaban J connectivity index is 2.17. The average Bonchev–Trinajstić information content (AvgIpc) is 2.82. The number of halogens is 1. The van der Waals surface area contributed by atoms with Gasteiger partial charge in [-0.2, -0.15) is 0 Å². The van der Waals surface area contributed by atoms with E-state index in [0.717, 1.165) is 21.2 Å². The molecule has 0 aliphatic rings. The van der Waals surface area contributed by atoms with Gasteiger partial charge in [-0.25, -0.2) is 0 Å². The number of nitrogens with two attached hydrogens (primary N) is 1. The predicted molar refractivity (Wildman–Crippen MR) is 84.2 cm³/mol. The van der Waals surface area contributed by atoms with Crippen LogP contribution >= 0.6 is 15.9 Å². The summed E-state index contributed by atoms with van der Waals surface area (Å²) in [6, 6.07) is 16.0. The maximum Gasteiger partial charge on any atom is 0.176 e. The molecular weight excluding hydrogens is 316 g/mol. The summed E-state index contributed by atoms with van der Waals surface area (Å²) in [6.07, 6.45) is 0. The Bertz CT molecular complexity index is 747. The van der Waals surface area contributed by atoms with Crippen LogP contribution < -0.4 is 5.73 Å². The second kappa shape index (κ2) is 5.13. The number of nitrogen functional groups attached to an aromatic ring is 1. The minimum atomic E-state index is 0.406. The van der Waals surface area contributed by atoms with Gasteiger partial charge in [0.1, 0.15) is 0 Å². The fourth-order valence-corrected chi connectivity index (χ4v) is 2.45. The number of rotatable bonds is 2. The molecule has 0 radical (unpaired) electrons. The maximum absolute atomic E-state index is 5.97. The standard InChI is InChI=1S/C16H13BrN2O/c1-10-3-2-4-12(9-10)15-14(16(18)19-20-15)11-5-7-13(17)8-6-11/h2-9H,1H3,(H2,18,19). The average molecular weight is 329 g/mol. The number of aryl methyl sites for hydroxylation is 1. The van der Waals surface area contributed by atoms with E-state index in [4.69, 9.17) is 10.3 Å². The molecule has 0 aliphatic carbocycles. The SMILES string of the molecule is Cc1cccc(-c2onc(N)c2-c2ccc(Br)cc2)c1. The van der Waals surface area contributed by atoms with Crippen molar-refractivity contribution in [1.29, 1.82) is 0 Å². The Morgan fingerprint density at radius 3 is 2.50 bits per heavy atom. The molecule has 0 aliphatic heterocycles. The molecule has 3 aromatic rings. The highest BCUT2D eigenvalue weighted by atomic mass is 79.9. The summed E-state index contributed by atoms with van der Waals surface area (Å²) in [4.78, 5) is 0. The molecule has 100 valence electrons. The third kappa shape index (κ3) is 2.34. The summed E-state index contributed by atoms with van der Waals surface area (Å²) in [5, 5.41) is 3.91. The lowest BCUT2D eigenvalue weighted by Gasteiger charge is -2.04. The third-order valence-corrected chi connectivity index (χ3v) is 3.66. The molecule has 0 unspecified atom stereocenters. The molecule has 0 amide bonds. The van der Waals surface area contributed by atoms with Gasteiger partial charge in [0, 0.05) is 10.0 Å². The molecule has 0 atom stereocenters. The molecule has 3 nitrogen and oxygen atoms in total. The van der Waals surface area contributed by atoms with Crippen LogP contribution in [0.2, 0.25) is 0 Å². The van der Waals surface area contributed by atoms with Crippen LogP contribution in [0, 0.1) is 6.92 Å². The number of hydrogen-bond acceptors (Lipinski definition) is 3. The van der Waals surface area contributed by atoms with E-state index in [9.17, 15) is 0 Å². The van der Waals surface area contributed by atoms with Gasteiger partial charge in [0.2, 0.25) is 0 Å². The Hall–Kier alpha value is -2.07. The first-order valence-corrected chi connectivity index (χ1v) is 7.02. The third-order valence-electron chi connectivity index (χ3n) is 3.13. The Morgan fingerprint density at radius 1 is 1.05 bits per heavy atom. The van der Waals surface area contributed by atoms with Gasteiger partial charge in [0.15, 0.2) is 11.6 Å². The highest BCUT2D eigenvalue weighted by molar-refractivity contribution is 9.10. The minimum absolute atomic E-state index is 0.406. The van der Waals surface area contributed by atoms with Crippen molar-refractivity contribution in [2.75, 3.05) is 5.73 Å². The van der Waals surface area contributed by atoms with E-state index in [1.54, 1.807) is 0 Å². The molecule has 1 aromatic heterocycles. The van der Waals surface area contributed by atoms with Crippen molar-refractivity contribution in [1.82, 2.24) is 5.16 Å². The Kier molecular flexibility index (Phi) is 3.32. The van der Waals surface area contributed by atoms with E-state index >= 15 is 0 Å². The highest BCUT2D eigenvalue weighted by Crippen LogP contribution is 2.37. The second-order valence-corrected chi connectivity index (χ2v) is 5.56. The highest BCUT2D eigenvalue weighted by Gasteiger charge is 2.17. The second-order valence-electron chi connectivity index (χ2n) is 4.65. The van der Waals surface area contributed by atoms with E-state index in [2.05, 4.69) is 27.2 Å². The molecule has 2 aromatic carbocycles. The lowest BCUT2D eigenvalue weighted by Crippen LogP contribution is -1.89. The van der Waals surface area contributed by atoms with E-state index in [1.165, 1.54) is 5.56 Å². The number of anilines is 1. The fourth-order valence-electron chi connectivity index (χ4n) is 2.18. The lowest BCUT2D eigenvalue weighted by molar-refractivity contribution is 0.436. The van der Waals surface area contributed by atoms with Gasteiger partial charge in [-0.05, 0) is 30.7 Å². The Labute approximate surface area is 125 Å². The van der Waals surface area contributed by atoms with Gasteiger partial charge in [-0.15, -0.1) is 0 Å². The van der Waals surface area contributed by atoms with E-state index in [1.807, 2.05) is 49.4 Å². The van der Waals surface area contributed by atoms with Crippen LogP contribution in [-0.4, -0.2) is 5.16 Å². The zero-order valence-corrected chi connectivity index (χ0v) is 12.5. The van der Waals surface area contributed by atoms with Gasteiger partial charge in [-0.3, -0.25) is 0 Å². The molecule has 3 rings (SSSR count). The fraction of sp³-hybridized carbons (Fsp3) is 0.0625.